The largest absolute Gasteiger partial charge is 0.495 e. The van der Waals surface area contributed by atoms with Gasteiger partial charge in [0.1, 0.15) is 5.75 Å². The van der Waals surface area contributed by atoms with Crippen molar-refractivity contribution in [2.24, 2.45) is 0 Å². The Morgan fingerprint density at radius 2 is 1.81 bits per heavy atom. The average molecular weight is 389 g/mol. The molecule has 0 aliphatic rings. The van der Waals surface area contributed by atoms with Gasteiger partial charge in [0, 0.05) is 15.6 Å². The number of ether oxygens (including phenoxy) is 1. The number of benzene rings is 2. The van der Waals surface area contributed by atoms with Gasteiger partial charge in [-0.3, -0.25) is 0 Å². The smallest absolute Gasteiger partial charge is 0.138 e. The highest BCUT2D eigenvalue weighted by molar-refractivity contribution is 9.10. The lowest BCUT2D eigenvalue weighted by atomic mass is 9.95. The Bertz CT molecular complexity index is 661. The number of methoxy groups -OCH3 is 1. The van der Waals surface area contributed by atoms with E-state index in [0.29, 0.717) is 15.8 Å². The first-order valence-corrected chi connectivity index (χ1v) is 7.99. The van der Waals surface area contributed by atoms with Crippen LogP contribution in [0.25, 0.3) is 0 Å². The fourth-order valence-electron chi connectivity index (χ4n) is 2.32. The molecule has 0 aromatic heterocycles. The second-order valence-electron chi connectivity index (χ2n) is 4.73. The summed E-state index contributed by atoms with van der Waals surface area (Å²) in [7, 11) is 3.48. The van der Waals surface area contributed by atoms with Crippen molar-refractivity contribution in [3.63, 3.8) is 0 Å². The minimum Gasteiger partial charge on any atom is -0.495 e. The van der Waals surface area contributed by atoms with Gasteiger partial charge in [-0.1, -0.05) is 45.2 Å². The molecule has 5 heteroatoms. The molecule has 0 bridgehead atoms. The van der Waals surface area contributed by atoms with E-state index in [4.69, 9.17) is 27.9 Å². The van der Waals surface area contributed by atoms with Crippen LogP contribution in [0.3, 0.4) is 0 Å². The molecule has 2 aromatic carbocycles. The highest BCUT2D eigenvalue weighted by Gasteiger charge is 2.19. The predicted octanol–water partition coefficient (Wildman–Crippen LogP) is 5.38. The molecule has 21 heavy (non-hydrogen) atoms. The third-order valence-electron chi connectivity index (χ3n) is 3.42. The van der Waals surface area contributed by atoms with E-state index in [0.717, 1.165) is 15.6 Å². The van der Waals surface area contributed by atoms with E-state index in [2.05, 4.69) is 40.3 Å². The van der Waals surface area contributed by atoms with Gasteiger partial charge in [-0.25, -0.2) is 0 Å². The van der Waals surface area contributed by atoms with E-state index >= 15 is 0 Å². The normalized spacial score (nSPS) is 12.3. The Hall–Kier alpha value is -0.740. The molecule has 0 fully saturated rings. The molecule has 0 saturated heterocycles. The molecular weight excluding hydrogens is 373 g/mol. The molecule has 0 aliphatic carbocycles. The van der Waals surface area contributed by atoms with Crippen LogP contribution in [0.4, 0.5) is 0 Å². The maximum atomic E-state index is 6.41. The Morgan fingerprint density at radius 3 is 2.43 bits per heavy atom. The maximum absolute atomic E-state index is 6.41. The Morgan fingerprint density at radius 1 is 1.10 bits per heavy atom. The highest BCUT2D eigenvalue weighted by atomic mass is 79.9. The Kier molecular flexibility index (Phi) is 5.55. The zero-order valence-electron chi connectivity index (χ0n) is 12.0. The Labute approximate surface area is 143 Å². The lowest BCUT2D eigenvalue weighted by Gasteiger charge is -2.22. The van der Waals surface area contributed by atoms with E-state index in [1.54, 1.807) is 13.2 Å². The molecule has 1 N–H and O–H groups in total. The number of rotatable bonds is 4. The first kappa shape index (κ1) is 16.6. The molecule has 0 aliphatic heterocycles. The summed E-state index contributed by atoms with van der Waals surface area (Å²) in [6.07, 6.45) is 0. The second kappa shape index (κ2) is 7.01. The molecule has 0 saturated carbocycles. The lowest BCUT2D eigenvalue weighted by Crippen LogP contribution is -2.19. The Balaban J connectivity index is 2.56. The van der Waals surface area contributed by atoms with Crippen LogP contribution in [0.1, 0.15) is 22.7 Å². The van der Waals surface area contributed by atoms with Crippen LogP contribution in [-0.2, 0) is 0 Å². The van der Waals surface area contributed by atoms with Crippen LogP contribution in [0.2, 0.25) is 10.0 Å². The van der Waals surface area contributed by atoms with Crippen LogP contribution in [0, 0.1) is 6.92 Å². The van der Waals surface area contributed by atoms with Gasteiger partial charge in [-0.15, -0.1) is 0 Å². The van der Waals surface area contributed by atoms with Crippen molar-refractivity contribution < 1.29 is 4.74 Å². The minimum absolute atomic E-state index is 0.0431. The van der Waals surface area contributed by atoms with Crippen molar-refractivity contribution >= 4 is 39.1 Å². The zero-order valence-corrected chi connectivity index (χ0v) is 15.1. The summed E-state index contributed by atoms with van der Waals surface area (Å²) in [5, 5.41) is 4.47. The number of halogens is 3. The molecule has 0 heterocycles. The van der Waals surface area contributed by atoms with Crippen LogP contribution >= 0.6 is 39.1 Å². The average Bonchev–Trinajstić information content (AvgIpc) is 2.46. The van der Waals surface area contributed by atoms with Gasteiger partial charge in [-0.05, 0) is 48.9 Å². The van der Waals surface area contributed by atoms with Crippen LogP contribution in [0.15, 0.2) is 34.8 Å². The summed E-state index contributed by atoms with van der Waals surface area (Å²) in [6, 6.07) is 9.74. The van der Waals surface area contributed by atoms with Gasteiger partial charge in [0.25, 0.3) is 0 Å². The van der Waals surface area contributed by atoms with Crippen LogP contribution in [0.5, 0.6) is 5.75 Å². The number of aryl methyl sites for hydroxylation is 1. The van der Waals surface area contributed by atoms with Crippen molar-refractivity contribution in [3.8, 4) is 5.75 Å². The molecule has 0 amide bonds. The predicted molar refractivity (Wildman–Crippen MR) is 92.8 cm³/mol. The molecule has 112 valence electrons. The van der Waals surface area contributed by atoms with Gasteiger partial charge in [0.15, 0.2) is 0 Å². The molecule has 2 rings (SSSR count). The molecule has 1 atom stereocenters. The summed E-state index contributed by atoms with van der Waals surface area (Å²) in [4.78, 5) is 0. The second-order valence-corrected chi connectivity index (χ2v) is 6.46. The summed E-state index contributed by atoms with van der Waals surface area (Å²) in [6.45, 7) is 2.07. The molecule has 0 spiro atoms. The number of hydrogen-bond acceptors (Lipinski definition) is 2. The molecule has 2 aromatic rings. The SMILES string of the molecule is CNC(c1cc(Br)ccc1C)c1cc(Cl)c(OC)cc1Cl. The standard InChI is InChI=1S/C16H16BrCl2NO/c1-9-4-5-10(17)6-11(9)16(20-2)12-7-14(19)15(21-3)8-13(12)18/h4-8,16,20H,1-3H3. The third-order valence-corrected chi connectivity index (χ3v) is 4.54. The van der Waals surface area contributed by atoms with Crippen molar-refractivity contribution in [2.45, 2.75) is 13.0 Å². The molecular formula is C16H16BrCl2NO. The molecule has 2 nitrogen and oxygen atoms in total. The fraction of sp³-hybridized carbons (Fsp3) is 0.250. The monoisotopic (exact) mass is 387 g/mol. The fourth-order valence-corrected chi connectivity index (χ4v) is 3.21. The maximum Gasteiger partial charge on any atom is 0.138 e. The number of nitrogens with one attached hydrogen (secondary N) is 1. The van der Waals surface area contributed by atoms with Crippen LogP contribution in [-0.4, -0.2) is 14.2 Å². The molecule has 1 unspecified atom stereocenters. The van der Waals surface area contributed by atoms with E-state index in [1.807, 2.05) is 19.2 Å². The van der Waals surface area contributed by atoms with Gasteiger partial charge in [0.05, 0.1) is 18.2 Å². The first-order chi connectivity index (χ1) is 9.97. The van der Waals surface area contributed by atoms with Crippen molar-refractivity contribution in [1.29, 1.82) is 0 Å². The lowest BCUT2D eigenvalue weighted by molar-refractivity contribution is 0.415. The quantitative estimate of drug-likeness (QED) is 0.758. The van der Waals surface area contributed by atoms with Gasteiger partial charge < -0.3 is 10.1 Å². The minimum atomic E-state index is -0.0431. The molecule has 0 radical (unpaired) electrons. The van der Waals surface area contributed by atoms with Crippen molar-refractivity contribution in [3.05, 3.63) is 61.5 Å². The van der Waals surface area contributed by atoms with Gasteiger partial charge in [-0.2, -0.15) is 0 Å². The van der Waals surface area contributed by atoms with Gasteiger partial charge in [0.2, 0.25) is 0 Å². The summed E-state index contributed by atoms with van der Waals surface area (Å²) in [5.74, 6) is 0.575. The van der Waals surface area contributed by atoms with E-state index in [9.17, 15) is 0 Å². The zero-order chi connectivity index (χ0) is 15.6. The van der Waals surface area contributed by atoms with Crippen molar-refractivity contribution in [2.75, 3.05) is 14.2 Å². The van der Waals surface area contributed by atoms with Gasteiger partial charge >= 0.3 is 0 Å². The van der Waals surface area contributed by atoms with Crippen LogP contribution < -0.4 is 10.1 Å². The highest BCUT2D eigenvalue weighted by Crippen LogP contribution is 2.37. The van der Waals surface area contributed by atoms with E-state index < -0.39 is 0 Å². The van der Waals surface area contributed by atoms with Crippen molar-refractivity contribution in [1.82, 2.24) is 5.32 Å². The van der Waals surface area contributed by atoms with E-state index in [1.165, 1.54) is 5.56 Å². The topological polar surface area (TPSA) is 21.3 Å². The summed E-state index contributed by atoms with van der Waals surface area (Å²) in [5.41, 5.74) is 3.25. The first-order valence-electron chi connectivity index (χ1n) is 6.44. The summed E-state index contributed by atoms with van der Waals surface area (Å²) >= 11 is 16.2. The third kappa shape index (κ3) is 3.54. The number of hydrogen-bond donors (Lipinski definition) is 1. The van der Waals surface area contributed by atoms with E-state index in [-0.39, 0.29) is 6.04 Å². The summed E-state index contributed by atoms with van der Waals surface area (Å²) < 4.78 is 6.23.